The number of ketones is 2. The Morgan fingerprint density at radius 3 is 2.00 bits per heavy atom. The number of pyridine rings is 1. The molecule has 3 rings (SSSR count). The maximum Gasteiger partial charge on any atom is 0.309 e. The van der Waals surface area contributed by atoms with Gasteiger partial charge in [0.15, 0.2) is 11.6 Å². The van der Waals surface area contributed by atoms with Gasteiger partial charge < -0.3 is 14.2 Å². The van der Waals surface area contributed by atoms with Crippen molar-refractivity contribution in [3.8, 4) is 5.75 Å². The Hall–Kier alpha value is -3.12. The number of aromatic nitrogens is 1. The molecule has 1 aromatic carbocycles. The van der Waals surface area contributed by atoms with Crippen molar-refractivity contribution in [1.82, 2.24) is 4.40 Å². The lowest BCUT2D eigenvalue weighted by molar-refractivity contribution is -0.148. The summed E-state index contributed by atoms with van der Waals surface area (Å²) in [6.07, 6.45) is 2.13. The SMILES string of the molecule is CCC(c1c(C(=O)c2ccc(Cl)cc2)c2ccc(OC(C)(C)C)cn2c1C(=O)C(C)(C)C)C(C)(C)C(=O)O. The van der Waals surface area contributed by atoms with Crippen molar-refractivity contribution < 1.29 is 24.2 Å². The van der Waals surface area contributed by atoms with Gasteiger partial charge in [0.2, 0.25) is 0 Å². The minimum Gasteiger partial charge on any atom is -0.487 e. The third-order valence-electron chi connectivity index (χ3n) is 6.78. The van der Waals surface area contributed by atoms with E-state index in [0.29, 0.717) is 45.1 Å². The molecule has 2 heterocycles. The standard InChI is InChI=1S/C31H38ClNO5/c1-10-21(31(8,9)28(36)37)23-24(26(34)18-11-13-19(32)14-12-18)22-16-15-20(38-30(5,6)7)17-33(22)25(23)27(35)29(2,3)4/h11-17,21H,10H2,1-9H3,(H,36,37). The van der Waals surface area contributed by atoms with Gasteiger partial charge in [-0.25, -0.2) is 0 Å². The highest BCUT2D eigenvalue weighted by Crippen LogP contribution is 2.45. The quantitative estimate of drug-likeness (QED) is 0.295. The van der Waals surface area contributed by atoms with E-state index in [2.05, 4.69) is 0 Å². The number of aliphatic carboxylic acids is 1. The molecular formula is C31H38ClNO5. The van der Waals surface area contributed by atoms with Crippen molar-refractivity contribution in [2.45, 2.75) is 80.3 Å². The van der Waals surface area contributed by atoms with Gasteiger partial charge in [-0.05, 0) is 83.0 Å². The van der Waals surface area contributed by atoms with Crippen LogP contribution in [0, 0.1) is 10.8 Å². The second-order valence-corrected chi connectivity index (χ2v) is 12.8. The maximum atomic E-state index is 14.2. The van der Waals surface area contributed by atoms with Crippen molar-refractivity contribution in [2.75, 3.05) is 0 Å². The predicted octanol–water partition coefficient (Wildman–Crippen LogP) is 7.83. The van der Waals surface area contributed by atoms with Crippen LogP contribution in [0.2, 0.25) is 5.02 Å². The molecule has 1 unspecified atom stereocenters. The van der Waals surface area contributed by atoms with Crippen LogP contribution in [0.25, 0.3) is 5.52 Å². The summed E-state index contributed by atoms with van der Waals surface area (Å²) in [5, 5.41) is 10.7. The average Bonchev–Trinajstić information content (AvgIpc) is 3.10. The first-order valence-corrected chi connectivity index (χ1v) is 13.2. The van der Waals surface area contributed by atoms with E-state index in [4.69, 9.17) is 16.3 Å². The van der Waals surface area contributed by atoms with E-state index in [1.165, 1.54) is 0 Å². The van der Waals surface area contributed by atoms with Crippen molar-refractivity contribution in [1.29, 1.82) is 0 Å². The summed E-state index contributed by atoms with van der Waals surface area (Å²) < 4.78 is 7.82. The number of carboxylic acid groups (broad SMARTS) is 1. The molecule has 0 aliphatic carbocycles. The van der Waals surface area contributed by atoms with Gasteiger partial charge in [0.05, 0.1) is 28.4 Å². The minimum atomic E-state index is -1.26. The second-order valence-electron chi connectivity index (χ2n) is 12.4. The van der Waals surface area contributed by atoms with Gasteiger partial charge in [-0.15, -0.1) is 0 Å². The molecule has 204 valence electrons. The smallest absolute Gasteiger partial charge is 0.309 e. The monoisotopic (exact) mass is 539 g/mol. The summed E-state index contributed by atoms with van der Waals surface area (Å²) in [7, 11) is 0. The van der Waals surface area contributed by atoms with E-state index in [0.717, 1.165) is 0 Å². The lowest BCUT2D eigenvalue weighted by atomic mass is 9.70. The predicted molar refractivity (Wildman–Crippen MR) is 151 cm³/mol. The Balaban J connectivity index is 2.53. The van der Waals surface area contributed by atoms with Crippen LogP contribution in [0.1, 0.15) is 107 Å². The third-order valence-corrected chi connectivity index (χ3v) is 7.03. The highest BCUT2D eigenvalue weighted by atomic mass is 35.5. The Morgan fingerprint density at radius 1 is 0.947 bits per heavy atom. The molecule has 2 aromatic heterocycles. The summed E-state index contributed by atoms with van der Waals surface area (Å²) in [5.41, 5.74) is -0.537. The van der Waals surface area contributed by atoms with Gasteiger partial charge in [-0.1, -0.05) is 39.3 Å². The molecule has 7 heteroatoms. The largest absolute Gasteiger partial charge is 0.487 e. The number of Topliss-reactive ketones (excluding diaryl/α,β-unsaturated/α-hetero) is 1. The van der Waals surface area contributed by atoms with E-state index in [-0.39, 0.29) is 11.6 Å². The average molecular weight is 540 g/mol. The van der Waals surface area contributed by atoms with E-state index in [9.17, 15) is 19.5 Å². The van der Waals surface area contributed by atoms with E-state index in [1.807, 2.05) is 48.5 Å². The zero-order valence-corrected chi connectivity index (χ0v) is 24.5. The van der Waals surface area contributed by atoms with Gasteiger partial charge in [-0.2, -0.15) is 0 Å². The van der Waals surface area contributed by atoms with Crippen LogP contribution in [-0.2, 0) is 4.79 Å². The number of nitrogens with zero attached hydrogens (tertiary/aromatic N) is 1. The second kappa shape index (κ2) is 10.2. The van der Waals surface area contributed by atoms with Gasteiger partial charge in [-0.3, -0.25) is 14.4 Å². The molecule has 1 N–H and O–H groups in total. The zero-order chi connectivity index (χ0) is 28.8. The first kappa shape index (κ1) is 29.4. The molecule has 0 bridgehead atoms. The molecule has 6 nitrogen and oxygen atoms in total. The van der Waals surface area contributed by atoms with Crippen molar-refractivity contribution in [3.63, 3.8) is 0 Å². The van der Waals surface area contributed by atoms with Crippen LogP contribution >= 0.6 is 11.6 Å². The summed E-state index contributed by atoms with van der Waals surface area (Å²) in [4.78, 5) is 40.7. The van der Waals surface area contributed by atoms with Crippen LogP contribution in [-0.4, -0.2) is 32.6 Å². The highest BCUT2D eigenvalue weighted by molar-refractivity contribution is 6.30. The van der Waals surface area contributed by atoms with Crippen molar-refractivity contribution in [3.05, 3.63) is 70.0 Å². The van der Waals surface area contributed by atoms with Gasteiger partial charge >= 0.3 is 5.97 Å². The van der Waals surface area contributed by atoms with E-state index in [1.54, 1.807) is 60.8 Å². The maximum absolute atomic E-state index is 14.2. The van der Waals surface area contributed by atoms with Crippen LogP contribution in [0.4, 0.5) is 0 Å². The van der Waals surface area contributed by atoms with Gasteiger partial charge in [0, 0.05) is 21.9 Å². The number of fused-ring (bicyclic) bond motifs is 1. The molecule has 0 aliphatic heterocycles. The van der Waals surface area contributed by atoms with Crippen LogP contribution in [0.15, 0.2) is 42.6 Å². The summed E-state index contributed by atoms with van der Waals surface area (Å²) in [5.74, 6) is -1.59. The van der Waals surface area contributed by atoms with Crippen LogP contribution in [0.3, 0.4) is 0 Å². The molecular weight excluding hydrogens is 502 g/mol. The Labute approximate surface area is 230 Å². The van der Waals surface area contributed by atoms with Crippen LogP contribution in [0.5, 0.6) is 5.75 Å². The molecule has 0 saturated heterocycles. The number of carboxylic acids is 1. The van der Waals surface area contributed by atoms with E-state index < -0.39 is 28.3 Å². The third kappa shape index (κ3) is 5.65. The minimum absolute atomic E-state index is 0.190. The molecule has 0 spiro atoms. The molecule has 38 heavy (non-hydrogen) atoms. The number of rotatable bonds is 8. The number of carbonyl (C=O) groups excluding carboxylic acids is 2. The molecule has 3 aromatic rings. The number of benzene rings is 1. The van der Waals surface area contributed by atoms with Gasteiger partial charge in [0.1, 0.15) is 11.4 Å². The molecule has 0 aliphatic rings. The highest BCUT2D eigenvalue weighted by Gasteiger charge is 2.44. The number of carbonyl (C=O) groups is 3. The number of hydrogen-bond donors (Lipinski definition) is 1. The first-order chi connectivity index (χ1) is 17.4. The normalized spacial score (nSPS) is 13.4. The van der Waals surface area contributed by atoms with Gasteiger partial charge in [0.25, 0.3) is 0 Å². The Morgan fingerprint density at radius 2 is 1.53 bits per heavy atom. The molecule has 0 fully saturated rings. The topological polar surface area (TPSA) is 85.1 Å². The Kier molecular flexibility index (Phi) is 7.91. The van der Waals surface area contributed by atoms with Crippen LogP contribution < -0.4 is 4.74 Å². The fraction of sp³-hybridized carbons (Fsp3) is 0.452. The summed E-state index contributed by atoms with van der Waals surface area (Å²) in [6, 6.07) is 10.1. The number of halogens is 1. The molecule has 0 saturated carbocycles. The number of hydrogen-bond acceptors (Lipinski definition) is 4. The number of ether oxygens (including phenoxy) is 1. The zero-order valence-electron chi connectivity index (χ0n) is 23.7. The summed E-state index contributed by atoms with van der Waals surface area (Å²) >= 11 is 6.08. The Bertz CT molecular complexity index is 1380. The van der Waals surface area contributed by atoms with Crippen molar-refractivity contribution >= 4 is 34.7 Å². The first-order valence-electron chi connectivity index (χ1n) is 12.9. The molecule has 0 radical (unpaired) electrons. The summed E-state index contributed by atoms with van der Waals surface area (Å²) in [6.45, 7) is 16.4. The van der Waals surface area contributed by atoms with Crippen molar-refractivity contribution in [2.24, 2.45) is 10.8 Å². The molecule has 1 atom stereocenters. The fourth-order valence-corrected chi connectivity index (χ4v) is 4.93. The lowest BCUT2D eigenvalue weighted by Crippen LogP contribution is -2.33. The van der Waals surface area contributed by atoms with E-state index >= 15 is 0 Å². The lowest BCUT2D eigenvalue weighted by Gasteiger charge is -2.31. The molecule has 0 amide bonds. The fourth-order valence-electron chi connectivity index (χ4n) is 4.80.